The number of hydrogen-bond donors (Lipinski definition) is 1. The van der Waals surface area contributed by atoms with Crippen molar-refractivity contribution in [3.05, 3.63) is 36.2 Å². The summed E-state index contributed by atoms with van der Waals surface area (Å²) >= 11 is 0. The second-order valence-corrected chi connectivity index (χ2v) is 8.13. The van der Waals surface area contributed by atoms with Gasteiger partial charge in [-0.25, -0.2) is 9.67 Å². The second-order valence-electron chi connectivity index (χ2n) is 8.13. The topological polar surface area (TPSA) is 76.2 Å². The fourth-order valence-electron chi connectivity index (χ4n) is 4.42. The zero-order chi connectivity index (χ0) is 19.3. The van der Waals surface area contributed by atoms with Gasteiger partial charge in [0.1, 0.15) is 5.69 Å². The summed E-state index contributed by atoms with van der Waals surface area (Å²) in [6.45, 7) is 5.66. The van der Waals surface area contributed by atoms with Gasteiger partial charge in [-0.1, -0.05) is 0 Å². The van der Waals surface area contributed by atoms with E-state index in [1.165, 1.54) is 6.42 Å². The molecule has 2 atom stereocenters. The summed E-state index contributed by atoms with van der Waals surface area (Å²) < 4.78 is 7.42. The first-order chi connectivity index (χ1) is 13.6. The molecule has 2 fully saturated rings. The van der Waals surface area contributed by atoms with Gasteiger partial charge in [-0.05, 0) is 51.3 Å². The third-order valence-corrected chi connectivity index (χ3v) is 5.87. The molecule has 0 radical (unpaired) electrons. The summed E-state index contributed by atoms with van der Waals surface area (Å²) in [6.07, 6.45) is 6.76. The van der Waals surface area contributed by atoms with Crippen LogP contribution >= 0.6 is 24.8 Å². The molecule has 9 heteroatoms. The lowest BCUT2D eigenvalue weighted by Gasteiger charge is -2.24. The molecule has 30 heavy (non-hydrogen) atoms. The van der Waals surface area contributed by atoms with E-state index in [0.29, 0.717) is 29.1 Å². The van der Waals surface area contributed by atoms with Crippen LogP contribution in [0.4, 0.5) is 0 Å². The maximum atomic E-state index is 13.5. The van der Waals surface area contributed by atoms with Crippen LogP contribution in [0.2, 0.25) is 0 Å². The monoisotopic (exact) mass is 451 g/mol. The molecule has 0 spiro atoms. The van der Waals surface area contributed by atoms with Crippen LogP contribution in [0, 0.1) is 0 Å². The Labute approximate surface area is 188 Å². The number of amides is 1. The Morgan fingerprint density at radius 3 is 2.77 bits per heavy atom. The highest BCUT2D eigenvalue weighted by molar-refractivity contribution is 6.06. The van der Waals surface area contributed by atoms with Crippen LogP contribution < -0.4 is 5.32 Å². The Balaban J connectivity index is 0.00000128. The van der Waals surface area contributed by atoms with Crippen molar-refractivity contribution in [1.82, 2.24) is 25.0 Å². The van der Waals surface area contributed by atoms with Crippen molar-refractivity contribution in [2.45, 2.75) is 51.2 Å². The molecule has 5 heterocycles. The third-order valence-electron chi connectivity index (χ3n) is 5.87. The average molecular weight is 452 g/mol. The van der Waals surface area contributed by atoms with Crippen molar-refractivity contribution in [3.63, 3.8) is 0 Å². The molecule has 0 aliphatic carbocycles. The molecule has 0 saturated carbocycles. The number of rotatable bonds is 3. The number of furan rings is 1. The smallest absolute Gasteiger partial charge is 0.254 e. The molecule has 2 aliphatic rings. The summed E-state index contributed by atoms with van der Waals surface area (Å²) in [5.41, 5.74) is 2.04. The predicted octanol–water partition coefficient (Wildman–Crippen LogP) is 4.08. The van der Waals surface area contributed by atoms with Crippen LogP contribution in [0.25, 0.3) is 22.5 Å². The van der Waals surface area contributed by atoms with E-state index in [1.807, 2.05) is 27.8 Å². The Bertz CT molecular complexity index is 1020. The van der Waals surface area contributed by atoms with E-state index in [1.54, 1.807) is 12.5 Å². The Morgan fingerprint density at radius 2 is 2.03 bits per heavy atom. The maximum absolute atomic E-state index is 13.5. The second kappa shape index (κ2) is 8.96. The summed E-state index contributed by atoms with van der Waals surface area (Å²) in [5, 5.41) is 8.95. The SMILES string of the molecule is CC(C)n1ncc2c(C(=O)N3CCC4CCC(C3)N4)cc(-c3ccco3)nc21.Cl.Cl. The van der Waals surface area contributed by atoms with Crippen LogP contribution in [0.3, 0.4) is 0 Å². The minimum Gasteiger partial charge on any atom is -0.463 e. The predicted molar refractivity (Wildman–Crippen MR) is 121 cm³/mol. The van der Waals surface area contributed by atoms with Crippen molar-refractivity contribution in [1.29, 1.82) is 0 Å². The first kappa shape index (κ1) is 22.6. The van der Waals surface area contributed by atoms with Crippen molar-refractivity contribution >= 4 is 41.8 Å². The molecule has 1 N–H and O–H groups in total. The van der Waals surface area contributed by atoms with Crippen LogP contribution in [0.1, 0.15) is 49.5 Å². The summed E-state index contributed by atoms with van der Waals surface area (Å²) in [7, 11) is 0. The average Bonchev–Trinajstić information content (AvgIpc) is 3.39. The molecule has 1 amide bonds. The molecule has 2 aliphatic heterocycles. The highest BCUT2D eigenvalue weighted by Gasteiger charge is 2.32. The van der Waals surface area contributed by atoms with E-state index in [9.17, 15) is 4.79 Å². The molecule has 5 rings (SSSR count). The van der Waals surface area contributed by atoms with Gasteiger partial charge in [-0.3, -0.25) is 4.79 Å². The fourth-order valence-corrected chi connectivity index (χ4v) is 4.42. The number of pyridine rings is 1. The van der Waals surface area contributed by atoms with Crippen molar-refractivity contribution in [3.8, 4) is 11.5 Å². The third kappa shape index (κ3) is 3.94. The Kier molecular flexibility index (Phi) is 6.75. The van der Waals surface area contributed by atoms with Gasteiger partial charge in [-0.15, -0.1) is 24.8 Å². The summed E-state index contributed by atoms with van der Waals surface area (Å²) in [5.74, 6) is 0.710. The largest absolute Gasteiger partial charge is 0.463 e. The van der Waals surface area contributed by atoms with Crippen molar-refractivity contribution in [2.75, 3.05) is 13.1 Å². The van der Waals surface area contributed by atoms with E-state index >= 15 is 0 Å². The lowest BCUT2D eigenvalue weighted by molar-refractivity contribution is 0.0750. The quantitative estimate of drug-likeness (QED) is 0.648. The number of carbonyl (C=O) groups excluding carboxylic acids is 1. The number of halogens is 2. The summed E-state index contributed by atoms with van der Waals surface area (Å²) in [4.78, 5) is 20.3. The van der Waals surface area contributed by atoms with Crippen LogP contribution in [-0.2, 0) is 0 Å². The molecule has 2 bridgehead atoms. The van der Waals surface area contributed by atoms with Crippen LogP contribution in [0.15, 0.2) is 35.1 Å². The lowest BCUT2D eigenvalue weighted by Crippen LogP contribution is -2.39. The zero-order valence-corrected chi connectivity index (χ0v) is 18.7. The Hall–Kier alpha value is -2.09. The van der Waals surface area contributed by atoms with E-state index in [4.69, 9.17) is 9.40 Å². The minimum absolute atomic E-state index is 0. The van der Waals surface area contributed by atoms with Gasteiger partial charge in [0.25, 0.3) is 5.91 Å². The van der Waals surface area contributed by atoms with Crippen molar-refractivity contribution < 1.29 is 9.21 Å². The van der Waals surface area contributed by atoms with Crippen LogP contribution in [-0.4, -0.2) is 50.7 Å². The molecule has 2 saturated heterocycles. The number of nitrogens with one attached hydrogen (secondary N) is 1. The van der Waals surface area contributed by atoms with E-state index in [2.05, 4.69) is 24.3 Å². The number of likely N-dealkylation sites (tertiary alicyclic amines) is 1. The zero-order valence-electron chi connectivity index (χ0n) is 17.1. The molecular formula is C21H27Cl2N5O2. The number of aromatic nitrogens is 3. The van der Waals surface area contributed by atoms with E-state index < -0.39 is 0 Å². The molecule has 162 valence electrons. The van der Waals surface area contributed by atoms with Gasteiger partial charge < -0.3 is 14.6 Å². The normalized spacial score (nSPS) is 20.7. The van der Waals surface area contributed by atoms with Gasteiger partial charge in [0, 0.05) is 31.2 Å². The maximum Gasteiger partial charge on any atom is 0.254 e. The van der Waals surface area contributed by atoms with Gasteiger partial charge in [0.2, 0.25) is 0 Å². The molecular weight excluding hydrogens is 425 g/mol. The van der Waals surface area contributed by atoms with Gasteiger partial charge >= 0.3 is 0 Å². The van der Waals surface area contributed by atoms with Gasteiger partial charge in [-0.2, -0.15) is 5.10 Å². The first-order valence-corrected chi connectivity index (χ1v) is 10.1. The minimum atomic E-state index is 0. The highest BCUT2D eigenvalue weighted by Crippen LogP contribution is 2.29. The van der Waals surface area contributed by atoms with E-state index in [-0.39, 0.29) is 36.8 Å². The molecule has 7 nitrogen and oxygen atoms in total. The van der Waals surface area contributed by atoms with Gasteiger partial charge in [0.15, 0.2) is 11.4 Å². The molecule has 0 aromatic carbocycles. The fraction of sp³-hybridized carbons (Fsp3) is 0.476. The molecule has 3 aromatic rings. The number of fused-ring (bicyclic) bond motifs is 3. The van der Waals surface area contributed by atoms with Crippen molar-refractivity contribution in [2.24, 2.45) is 0 Å². The molecule has 3 aromatic heterocycles. The van der Waals surface area contributed by atoms with E-state index in [0.717, 1.165) is 37.0 Å². The van der Waals surface area contributed by atoms with Crippen LogP contribution in [0.5, 0.6) is 0 Å². The first-order valence-electron chi connectivity index (χ1n) is 10.1. The molecule has 2 unspecified atom stereocenters. The van der Waals surface area contributed by atoms with Gasteiger partial charge in [0.05, 0.1) is 23.4 Å². The number of nitrogens with zero attached hydrogens (tertiary/aromatic N) is 4. The lowest BCUT2D eigenvalue weighted by atomic mass is 10.1. The number of carbonyl (C=O) groups is 1. The Morgan fingerprint density at radius 1 is 1.23 bits per heavy atom. The highest BCUT2D eigenvalue weighted by atomic mass is 35.5. The number of hydrogen-bond acceptors (Lipinski definition) is 5. The summed E-state index contributed by atoms with van der Waals surface area (Å²) in [6, 6.07) is 6.65. The standard InChI is InChI=1S/C21H25N5O2.2ClH/c1-13(2)26-20-17(11-22-26)16(10-18(24-20)19-4-3-9-28-19)21(27)25-8-7-14-5-6-15(12-25)23-14;;/h3-4,9-11,13-15,23H,5-8,12H2,1-2H3;2*1H.